The molecule has 0 aliphatic carbocycles. The molecule has 4 nitrogen and oxygen atoms in total. The van der Waals surface area contributed by atoms with Crippen molar-refractivity contribution in [2.45, 2.75) is 53.4 Å². The molecule has 0 spiro atoms. The monoisotopic (exact) mass is 206 g/mol. The molecule has 0 aliphatic heterocycles. The first-order valence-electron chi connectivity index (χ1n) is 4.77. The van der Waals surface area contributed by atoms with Crippen LogP contribution in [0.5, 0.6) is 0 Å². The van der Waals surface area contributed by atoms with Gasteiger partial charge in [0, 0.05) is 13.8 Å². The zero-order chi connectivity index (χ0) is 12.0. The summed E-state index contributed by atoms with van der Waals surface area (Å²) in [6.07, 6.45) is 5.54. The molecule has 0 radical (unpaired) electrons. The Bertz CT molecular complexity index is 108. The molecule has 0 aromatic rings. The molecule has 0 amide bonds. The van der Waals surface area contributed by atoms with Crippen LogP contribution in [-0.2, 0) is 9.59 Å². The molecule has 0 heterocycles. The molecule has 0 unspecified atom stereocenters. The number of aliphatic carboxylic acids is 2. The zero-order valence-corrected chi connectivity index (χ0v) is 9.54. The molecule has 0 fully saturated rings. The van der Waals surface area contributed by atoms with Crippen LogP contribution in [0.1, 0.15) is 53.4 Å². The van der Waals surface area contributed by atoms with Gasteiger partial charge in [0.1, 0.15) is 0 Å². The lowest BCUT2D eigenvalue weighted by Gasteiger charge is -1.86. The van der Waals surface area contributed by atoms with Gasteiger partial charge in [-0.05, 0) is 0 Å². The van der Waals surface area contributed by atoms with E-state index in [4.69, 9.17) is 19.8 Å². The SMILES string of the molecule is CC(=O)O.CC(=O)O.CCCCCC. The van der Waals surface area contributed by atoms with E-state index in [2.05, 4.69) is 13.8 Å². The Morgan fingerprint density at radius 3 is 1.07 bits per heavy atom. The predicted molar refractivity (Wildman–Crippen MR) is 56.4 cm³/mol. The second kappa shape index (κ2) is 17.9. The van der Waals surface area contributed by atoms with Crippen LogP contribution in [0.3, 0.4) is 0 Å². The minimum atomic E-state index is -0.833. The Labute approximate surface area is 85.9 Å². The first-order valence-corrected chi connectivity index (χ1v) is 4.77. The predicted octanol–water partition coefficient (Wildman–Crippen LogP) is 2.77. The van der Waals surface area contributed by atoms with E-state index in [-0.39, 0.29) is 0 Å². The normalized spacial score (nSPS) is 7.43. The van der Waals surface area contributed by atoms with Gasteiger partial charge in [0.2, 0.25) is 0 Å². The molecule has 0 rings (SSSR count). The Morgan fingerprint density at radius 1 is 0.857 bits per heavy atom. The second-order valence-electron chi connectivity index (χ2n) is 2.75. The maximum Gasteiger partial charge on any atom is 0.300 e. The number of hydrogen-bond donors (Lipinski definition) is 2. The fourth-order valence-corrected chi connectivity index (χ4v) is 0.500. The van der Waals surface area contributed by atoms with Gasteiger partial charge < -0.3 is 10.2 Å². The molecular weight excluding hydrogens is 184 g/mol. The summed E-state index contributed by atoms with van der Waals surface area (Å²) in [5.74, 6) is -1.67. The molecule has 0 aromatic carbocycles. The van der Waals surface area contributed by atoms with Crippen LogP contribution < -0.4 is 0 Å². The Morgan fingerprint density at radius 2 is 1.00 bits per heavy atom. The average Bonchev–Trinajstić information content (AvgIpc) is 1.98. The molecule has 0 aromatic heterocycles. The summed E-state index contributed by atoms with van der Waals surface area (Å²) in [6, 6.07) is 0. The Kier molecular flexibility index (Phi) is 23.8. The summed E-state index contributed by atoms with van der Waals surface area (Å²) in [4.78, 5) is 18.0. The van der Waals surface area contributed by atoms with Crippen LogP contribution >= 0.6 is 0 Å². The van der Waals surface area contributed by atoms with Gasteiger partial charge in [0.05, 0.1) is 0 Å². The molecule has 86 valence electrons. The number of hydrogen-bond acceptors (Lipinski definition) is 2. The van der Waals surface area contributed by atoms with Gasteiger partial charge in [-0.15, -0.1) is 0 Å². The molecule has 0 saturated heterocycles. The third kappa shape index (κ3) is 287. The van der Waals surface area contributed by atoms with E-state index in [1.807, 2.05) is 0 Å². The van der Waals surface area contributed by atoms with Crippen LogP contribution in [0.2, 0.25) is 0 Å². The maximum absolute atomic E-state index is 9.00. The summed E-state index contributed by atoms with van der Waals surface area (Å²) in [6.45, 7) is 6.63. The lowest BCUT2D eigenvalue weighted by Crippen LogP contribution is -1.78. The van der Waals surface area contributed by atoms with Crippen molar-refractivity contribution in [3.8, 4) is 0 Å². The second-order valence-corrected chi connectivity index (χ2v) is 2.75. The van der Waals surface area contributed by atoms with Gasteiger partial charge in [-0.1, -0.05) is 39.5 Å². The minimum absolute atomic E-state index is 0.833. The minimum Gasteiger partial charge on any atom is -0.481 e. The first-order chi connectivity index (χ1) is 6.38. The van der Waals surface area contributed by atoms with Crippen LogP contribution in [0, 0.1) is 0 Å². The fourth-order valence-electron chi connectivity index (χ4n) is 0.500. The molecule has 0 aliphatic rings. The smallest absolute Gasteiger partial charge is 0.300 e. The van der Waals surface area contributed by atoms with E-state index in [1.54, 1.807) is 0 Å². The van der Waals surface area contributed by atoms with Crippen LogP contribution in [-0.4, -0.2) is 22.2 Å². The number of carboxylic acids is 2. The number of rotatable bonds is 3. The fraction of sp³-hybridized carbons (Fsp3) is 0.800. The summed E-state index contributed by atoms with van der Waals surface area (Å²) >= 11 is 0. The standard InChI is InChI=1S/C6H14.2C2H4O2/c1-3-5-6-4-2;2*1-2(3)4/h3-6H2,1-2H3;2*1H3,(H,3,4). The average molecular weight is 206 g/mol. The Hall–Kier alpha value is -1.06. The number of carboxylic acid groups (broad SMARTS) is 2. The van der Waals surface area contributed by atoms with Gasteiger partial charge in [-0.3, -0.25) is 9.59 Å². The summed E-state index contributed by atoms with van der Waals surface area (Å²) < 4.78 is 0. The molecule has 2 N–H and O–H groups in total. The van der Waals surface area contributed by atoms with E-state index in [0.29, 0.717) is 0 Å². The maximum atomic E-state index is 9.00. The van der Waals surface area contributed by atoms with Gasteiger partial charge >= 0.3 is 0 Å². The van der Waals surface area contributed by atoms with E-state index in [1.165, 1.54) is 25.7 Å². The van der Waals surface area contributed by atoms with Crippen molar-refractivity contribution in [1.29, 1.82) is 0 Å². The van der Waals surface area contributed by atoms with Gasteiger partial charge in [0.25, 0.3) is 11.9 Å². The molecule has 4 heteroatoms. The van der Waals surface area contributed by atoms with Crippen molar-refractivity contribution >= 4 is 11.9 Å². The van der Waals surface area contributed by atoms with E-state index < -0.39 is 11.9 Å². The molecular formula is C10H22O4. The zero-order valence-electron chi connectivity index (χ0n) is 9.54. The summed E-state index contributed by atoms with van der Waals surface area (Å²) in [7, 11) is 0. The van der Waals surface area contributed by atoms with E-state index in [9.17, 15) is 0 Å². The highest BCUT2D eigenvalue weighted by Gasteiger charge is 1.75. The van der Waals surface area contributed by atoms with Crippen molar-refractivity contribution in [3.63, 3.8) is 0 Å². The van der Waals surface area contributed by atoms with Crippen LogP contribution in [0.4, 0.5) is 0 Å². The number of unbranched alkanes of at least 4 members (excludes halogenated alkanes) is 3. The van der Waals surface area contributed by atoms with Gasteiger partial charge in [-0.25, -0.2) is 0 Å². The molecule has 0 bridgehead atoms. The highest BCUT2D eigenvalue weighted by atomic mass is 16.4. The van der Waals surface area contributed by atoms with E-state index in [0.717, 1.165) is 13.8 Å². The Balaban J connectivity index is -0.000000135. The summed E-state index contributed by atoms with van der Waals surface area (Å²) in [5, 5.41) is 14.8. The molecule has 0 saturated carbocycles. The lowest BCUT2D eigenvalue weighted by atomic mass is 10.2. The highest BCUT2D eigenvalue weighted by Crippen LogP contribution is 1.95. The highest BCUT2D eigenvalue weighted by molar-refractivity contribution is 5.63. The quantitative estimate of drug-likeness (QED) is 0.696. The largest absolute Gasteiger partial charge is 0.481 e. The van der Waals surface area contributed by atoms with Crippen molar-refractivity contribution in [3.05, 3.63) is 0 Å². The van der Waals surface area contributed by atoms with Crippen LogP contribution in [0.15, 0.2) is 0 Å². The van der Waals surface area contributed by atoms with Crippen molar-refractivity contribution in [2.24, 2.45) is 0 Å². The van der Waals surface area contributed by atoms with Crippen molar-refractivity contribution < 1.29 is 19.8 Å². The van der Waals surface area contributed by atoms with Crippen molar-refractivity contribution in [1.82, 2.24) is 0 Å². The third-order valence-electron chi connectivity index (χ3n) is 0.957. The third-order valence-corrected chi connectivity index (χ3v) is 0.957. The van der Waals surface area contributed by atoms with Gasteiger partial charge in [-0.2, -0.15) is 0 Å². The van der Waals surface area contributed by atoms with Crippen LogP contribution in [0.25, 0.3) is 0 Å². The summed E-state index contributed by atoms with van der Waals surface area (Å²) in [5.41, 5.74) is 0. The lowest BCUT2D eigenvalue weighted by molar-refractivity contribution is -0.135. The topological polar surface area (TPSA) is 74.6 Å². The molecule has 0 atom stereocenters. The van der Waals surface area contributed by atoms with E-state index >= 15 is 0 Å². The first kappa shape index (κ1) is 18.7. The number of carbonyl (C=O) groups is 2. The van der Waals surface area contributed by atoms with Gasteiger partial charge in [0.15, 0.2) is 0 Å². The van der Waals surface area contributed by atoms with Crippen molar-refractivity contribution in [2.75, 3.05) is 0 Å². The molecule has 14 heavy (non-hydrogen) atoms.